The van der Waals surface area contributed by atoms with Crippen molar-refractivity contribution in [1.29, 1.82) is 0 Å². The van der Waals surface area contributed by atoms with E-state index in [0.717, 1.165) is 109 Å². The molecule has 0 aliphatic rings. The van der Waals surface area contributed by atoms with Crippen LogP contribution in [0.15, 0.2) is 134 Å². The van der Waals surface area contributed by atoms with Crippen LogP contribution in [0.4, 0.5) is 0 Å². The van der Waals surface area contributed by atoms with E-state index in [4.69, 9.17) is 24.3 Å². The van der Waals surface area contributed by atoms with Gasteiger partial charge in [0.2, 0.25) is 0 Å². The Morgan fingerprint density at radius 3 is 0.901 bits per heavy atom. The maximum Gasteiger partial charge on any atom is 0.472 e. The summed E-state index contributed by atoms with van der Waals surface area (Å²) < 4.78 is 33.2. The number of hydrogen-bond donors (Lipinski definition) is 2. The molecule has 0 rings (SSSR count). The smallest absolute Gasteiger partial charge is 0.462 e. The van der Waals surface area contributed by atoms with Crippen LogP contribution in [0.25, 0.3) is 0 Å². The van der Waals surface area contributed by atoms with Gasteiger partial charge in [-0.1, -0.05) is 340 Å². The van der Waals surface area contributed by atoms with E-state index in [1.165, 1.54) is 193 Å². The number of unbranched alkanes of at least 4 members (excludes halogenated alkanes) is 35. The number of nitrogens with two attached hydrogens (primary N) is 1. The van der Waals surface area contributed by atoms with Crippen LogP contribution in [0.2, 0.25) is 0 Å². The Hall–Kier alpha value is -3.85. The van der Waals surface area contributed by atoms with Gasteiger partial charge in [-0.25, -0.2) is 4.57 Å². The van der Waals surface area contributed by atoms with Crippen LogP contribution in [-0.2, 0) is 32.7 Å². The number of esters is 2. The molecule has 0 spiro atoms. The molecule has 91 heavy (non-hydrogen) atoms. The number of carbonyl (C=O) groups excluding carboxylic acids is 2. The van der Waals surface area contributed by atoms with E-state index in [9.17, 15) is 19.0 Å². The van der Waals surface area contributed by atoms with E-state index in [2.05, 4.69) is 148 Å². The second-order valence-corrected chi connectivity index (χ2v) is 26.2. The molecule has 0 amide bonds. The molecule has 9 nitrogen and oxygen atoms in total. The summed E-state index contributed by atoms with van der Waals surface area (Å²) >= 11 is 0. The Kier molecular flexibility index (Phi) is 72.0. The number of phosphoric acid groups is 1. The average Bonchev–Trinajstić information content (AvgIpc) is 3.71. The number of allylic oxidation sites excluding steroid dienone is 22. The van der Waals surface area contributed by atoms with E-state index in [1.807, 2.05) is 0 Å². The second kappa shape index (κ2) is 75.2. The summed E-state index contributed by atoms with van der Waals surface area (Å²) in [6, 6.07) is 0. The first-order valence-electron chi connectivity index (χ1n) is 37.7. The van der Waals surface area contributed by atoms with Gasteiger partial charge in [-0.05, 0) is 116 Å². The van der Waals surface area contributed by atoms with Crippen molar-refractivity contribution in [3.8, 4) is 0 Å². The van der Waals surface area contributed by atoms with Crippen molar-refractivity contribution >= 4 is 19.8 Å². The number of rotatable bonds is 70. The minimum absolute atomic E-state index is 0.0489. The number of carbonyl (C=O) groups is 2. The highest BCUT2D eigenvalue weighted by atomic mass is 31.2. The summed E-state index contributed by atoms with van der Waals surface area (Å²) in [4.78, 5) is 35.4. The largest absolute Gasteiger partial charge is 0.472 e. The lowest BCUT2D eigenvalue weighted by molar-refractivity contribution is -0.161. The summed E-state index contributed by atoms with van der Waals surface area (Å²) in [5, 5.41) is 0. The lowest BCUT2D eigenvalue weighted by Gasteiger charge is -2.19. The standard InChI is InChI=1S/C81H140NO8P/c1-3-5-7-9-11-13-15-17-19-21-23-25-27-29-31-33-35-36-37-38-39-40-41-42-44-46-48-50-52-54-56-58-60-62-64-66-68-70-72-74-81(84)90-79(78-89-91(85,86)88-76-75-82)77-87-80(83)73-71-69-67-65-63-61-59-57-55-53-51-49-47-45-43-34-32-30-28-26-24-22-20-18-16-14-12-10-8-6-4-2/h5,7,11,13,16-19,22-25,29,31,35-36,38-39,41-42,46,48,79H,3-4,6,8-10,12,14-15,20-21,26-28,30,32-34,37,40,43-45,47,49-78,82H2,1-2H3,(H,85,86)/b7-5-,13-11-,18-16-,19-17-,24-22-,25-23-,31-29-,36-35-,39-38-,42-41-,48-46-. The van der Waals surface area contributed by atoms with E-state index in [0.29, 0.717) is 6.42 Å². The van der Waals surface area contributed by atoms with Gasteiger partial charge < -0.3 is 20.1 Å². The second-order valence-electron chi connectivity index (χ2n) is 24.8. The molecule has 3 N–H and O–H groups in total. The Balaban J connectivity index is 3.89. The summed E-state index contributed by atoms with van der Waals surface area (Å²) in [5.74, 6) is -0.825. The van der Waals surface area contributed by atoms with Crippen LogP contribution in [-0.4, -0.2) is 49.3 Å². The van der Waals surface area contributed by atoms with Gasteiger partial charge in [0.1, 0.15) is 6.61 Å². The SMILES string of the molecule is CC/C=C\C/C=C\C/C=C\C/C=C\C/C=C\C/C=C\C/C=C\C/C=C\C/C=C\CCCCCCCCCCCCCC(=O)OC(COC(=O)CCCCCCCCCCCCCCCCCCCCC/C=C\C/C=C\CCCCCCC)COP(=O)(O)OCCN. The fraction of sp³-hybridized carbons (Fsp3) is 0.704. The summed E-state index contributed by atoms with van der Waals surface area (Å²) in [6.07, 6.45) is 107. The Bertz CT molecular complexity index is 1960. The first-order valence-corrected chi connectivity index (χ1v) is 39.2. The Morgan fingerprint density at radius 1 is 0.341 bits per heavy atom. The molecule has 0 aromatic rings. The first-order chi connectivity index (χ1) is 44.8. The molecule has 2 atom stereocenters. The van der Waals surface area contributed by atoms with Crippen molar-refractivity contribution < 1.29 is 37.6 Å². The number of ether oxygens (including phenoxy) is 2. The lowest BCUT2D eigenvalue weighted by Crippen LogP contribution is -2.29. The molecule has 0 aromatic carbocycles. The predicted molar refractivity (Wildman–Crippen MR) is 394 cm³/mol. The third-order valence-corrected chi connectivity index (χ3v) is 17.0. The summed E-state index contributed by atoms with van der Waals surface area (Å²) in [7, 11) is -4.40. The van der Waals surface area contributed by atoms with Gasteiger partial charge in [-0.2, -0.15) is 0 Å². The van der Waals surface area contributed by atoms with Gasteiger partial charge in [0, 0.05) is 19.4 Å². The zero-order valence-corrected chi connectivity index (χ0v) is 59.7. The van der Waals surface area contributed by atoms with Gasteiger partial charge in [0.25, 0.3) is 0 Å². The van der Waals surface area contributed by atoms with Gasteiger partial charge in [0.05, 0.1) is 13.2 Å². The first kappa shape index (κ1) is 87.2. The number of phosphoric ester groups is 1. The molecule has 0 saturated heterocycles. The van der Waals surface area contributed by atoms with E-state index in [1.54, 1.807) is 0 Å². The van der Waals surface area contributed by atoms with Gasteiger partial charge in [-0.3, -0.25) is 18.6 Å². The molecule has 0 bridgehead atoms. The molecule has 0 aliphatic carbocycles. The fourth-order valence-electron chi connectivity index (χ4n) is 10.5. The van der Waals surface area contributed by atoms with Crippen LogP contribution in [0.5, 0.6) is 0 Å². The molecule has 10 heteroatoms. The van der Waals surface area contributed by atoms with Crippen molar-refractivity contribution in [1.82, 2.24) is 0 Å². The summed E-state index contributed by atoms with van der Waals surface area (Å²) in [5.41, 5.74) is 5.41. The highest BCUT2D eigenvalue weighted by molar-refractivity contribution is 7.47. The Morgan fingerprint density at radius 2 is 0.604 bits per heavy atom. The number of hydrogen-bond acceptors (Lipinski definition) is 8. The van der Waals surface area contributed by atoms with Crippen LogP contribution < -0.4 is 5.73 Å². The predicted octanol–water partition coefficient (Wildman–Crippen LogP) is 25.2. The molecular weight excluding hydrogens is 1150 g/mol. The van der Waals surface area contributed by atoms with Gasteiger partial charge in [0.15, 0.2) is 6.10 Å². The van der Waals surface area contributed by atoms with Crippen LogP contribution in [0.3, 0.4) is 0 Å². The monoisotopic (exact) mass is 1290 g/mol. The molecule has 0 radical (unpaired) electrons. The average molecular weight is 1290 g/mol. The van der Waals surface area contributed by atoms with E-state index in [-0.39, 0.29) is 38.6 Å². The highest BCUT2D eigenvalue weighted by Gasteiger charge is 2.26. The van der Waals surface area contributed by atoms with Crippen LogP contribution >= 0.6 is 7.82 Å². The molecule has 0 saturated carbocycles. The van der Waals surface area contributed by atoms with Crippen molar-refractivity contribution in [2.24, 2.45) is 5.73 Å². The zero-order valence-electron chi connectivity index (χ0n) is 58.8. The fourth-order valence-corrected chi connectivity index (χ4v) is 11.3. The van der Waals surface area contributed by atoms with E-state index >= 15 is 0 Å². The summed E-state index contributed by atoms with van der Waals surface area (Å²) in [6.45, 7) is 3.65. The topological polar surface area (TPSA) is 134 Å². The van der Waals surface area contributed by atoms with Crippen molar-refractivity contribution in [2.45, 2.75) is 341 Å². The molecular formula is C81H140NO8P. The van der Waals surface area contributed by atoms with Gasteiger partial charge >= 0.3 is 19.8 Å². The van der Waals surface area contributed by atoms with Crippen molar-refractivity contribution in [3.05, 3.63) is 134 Å². The Labute approximate surface area is 561 Å². The zero-order chi connectivity index (χ0) is 65.8. The molecule has 0 heterocycles. The molecule has 0 fully saturated rings. The molecule has 2 unspecified atom stereocenters. The maximum atomic E-state index is 12.8. The quantitative estimate of drug-likeness (QED) is 0.0264. The molecule has 0 aromatic heterocycles. The van der Waals surface area contributed by atoms with Gasteiger partial charge in [-0.15, -0.1) is 0 Å². The third kappa shape index (κ3) is 75.1. The lowest BCUT2D eigenvalue weighted by atomic mass is 10.0. The third-order valence-electron chi connectivity index (χ3n) is 16.0. The molecule has 522 valence electrons. The van der Waals surface area contributed by atoms with Crippen molar-refractivity contribution in [3.63, 3.8) is 0 Å². The van der Waals surface area contributed by atoms with Crippen LogP contribution in [0.1, 0.15) is 335 Å². The normalized spacial score (nSPS) is 13.7. The minimum Gasteiger partial charge on any atom is -0.462 e. The maximum absolute atomic E-state index is 12.8. The minimum atomic E-state index is -4.40. The molecule has 0 aliphatic heterocycles. The van der Waals surface area contributed by atoms with Crippen molar-refractivity contribution in [2.75, 3.05) is 26.4 Å². The highest BCUT2D eigenvalue weighted by Crippen LogP contribution is 2.43. The van der Waals surface area contributed by atoms with Crippen LogP contribution in [0, 0.1) is 0 Å². The van der Waals surface area contributed by atoms with E-state index < -0.39 is 26.5 Å².